The standard InChI is InChI=1S/C26H12Br2O2S2/c27-23-15-5-1-3-7-21(15)31-25(23)19-11-13-9-18-14(10-17(13)29-19)12-20(30-18)26-24(28)16-6-2-4-8-22(16)32-26/h1-12H. The van der Waals surface area contributed by atoms with E-state index in [-0.39, 0.29) is 0 Å². The molecule has 4 heterocycles. The molecule has 0 aliphatic carbocycles. The summed E-state index contributed by atoms with van der Waals surface area (Å²) in [5.41, 5.74) is 1.72. The lowest BCUT2D eigenvalue weighted by atomic mass is 10.2. The third-order valence-corrected chi connectivity index (χ3v) is 10.2. The molecule has 0 N–H and O–H groups in total. The lowest BCUT2D eigenvalue weighted by Gasteiger charge is -1.92. The van der Waals surface area contributed by atoms with Crippen molar-refractivity contribution in [2.45, 2.75) is 0 Å². The molecule has 0 saturated heterocycles. The molecule has 0 amide bonds. The van der Waals surface area contributed by atoms with Crippen LogP contribution < -0.4 is 0 Å². The molecule has 7 aromatic rings. The predicted molar refractivity (Wildman–Crippen MR) is 143 cm³/mol. The zero-order valence-corrected chi connectivity index (χ0v) is 21.1. The van der Waals surface area contributed by atoms with Crippen LogP contribution in [-0.4, -0.2) is 0 Å². The van der Waals surface area contributed by atoms with E-state index in [1.807, 2.05) is 0 Å². The maximum atomic E-state index is 6.29. The molecule has 6 heteroatoms. The number of benzene rings is 3. The number of furan rings is 2. The molecular formula is C26H12Br2O2S2. The Morgan fingerprint density at radius 1 is 0.562 bits per heavy atom. The highest BCUT2D eigenvalue weighted by Crippen LogP contribution is 2.46. The van der Waals surface area contributed by atoms with Crippen molar-refractivity contribution in [3.8, 4) is 21.3 Å². The van der Waals surface area contributed by atoms with Gasteiger partial charge in [0.05, 0.1) is 9.75 Å². The molecule has 0 saturated carbocycles. The van der Waals surface area contributed by atoms with Crippen LogP contribution in [0.2, 0.25) is 0 Å². The summed E-state index contributed by atoms with van der Waals surface area (Å²) in [5, 5.41) is 4.49. The van der Waals surface area contributed by atoms with Gasteiger partial charge in [-0.1, -0.05) is 36.4 Å². The Bertz CT molecular complexity index is 1640. The summed E-state index contributed by atoms with van der Waals surface area (Å²) < 4.78 is 17.2. The maximum absolute atomic E-state index is 6.29. The Morgan fingerprint density at radius 2 is 1.00 bits per heavy atom. The summed E-state index contributed by atoms with van der Waals surface area (Å²) in [5.74, 6) is 1.74. The molecule has 0 spiro atoms. The van der Waals surface area contributed by atoms with Gasteiger partial charge in [0.1, 0.15) is 22.7 Å². The number of hydrogen-bond acceptors (Lipinski definition) is 4. The average Bonchev–Trinajstić information content (AvgIpc) is 3.56. The van der Waals surface area contributed by atoms with Crippen molar-refractivity contribution < 1.29 is 8.83 Å². The van der Waals surface area contributed by atoms with Crippen molar-refractivity contribution in [2.24, 2.45) is 0 Å². The minimum Gasteiger partial charge on any atom is -0.455 e. The van der Waals surface area contributed by atoms with Gasteiger partial charge in [-0.3, -0.25) is 0 Å². The monoisotopic (exact) mass is 578 g/mol. The highest BCUT2D eigenvalue weighted by molar-refractivity contribution is 9.11. The summed E-state index contributed by atoms with van der Waals surface area (Å²) in [7, 11) is 0. The van der Waals surface area contributed by atoms with Crippen molar-refractivity contribution in [3.63, 3.8) is 0 Å². The van der Waals surface area contributed by atoms with E-state index >= 15 is 0 Å². The second-order valence-corrected chi connectivity index (χ2v) is 11.3. The van der Waals surface area contributed by atoms with Gasteiger partial charge in [0.25, 0.3) is 0 Å². The predicted octanol–water partition coefficient (Wildman–Crippen LogP) is 10.5. The summed E-state index contributed by atoms with van der Waals surface area (Å²) in [4.78, 5) is 2.21. The second-order valence-electron chi connectivity index (χ2n) is 7.63. The van der Waals surface area contributed by atoms with Gasteiger partial charge in [-0.15, -0.1) is 22.7 Å². The minimum absolute atomic E-state index is 0.861. The molecule has 4 aromatic heterocycles. The molecule has 3 aromatic carbocycles. The first-order valence-electron chi connectivity index (χ1n) is 9.98. The van der Waals surface area contributed by atoms with Crippen molar-refractivity contribution in [2.75, 3.05) is 0 Å². The molecule has 0 aliphatic heterocycles. The van der Waals surface area contributed by atoms with Gasteiger partial charge in [0.2, 0.25) is 0 Å². The van der Waals surface area contributed by atoms with Gasteiger partial charge in [-0.25, -0.2) is 0 Å². The van der Waals surface area contributed by atoms with Crippen LogP contribution in [0, 0.1) is 0 Å². The number of halogens is 2. The van der Waals surface area contributed by atoms with Crippen LogP contribution in [0.25, 0.3) is 63.4 Å². The summed E-state index contributed by atoms with van der Waals surface area (Å²) in [6, 6.07) is 25.1. The van der Waals surface area contributed by atoms with Crippen LogP contribution in [0.4, 0.5) is 0 Å². The molecule has 154 valence electrons. The molecule has 0 atom stereocenters. The summed E-state index contributed by atoms with van der Waals surface area (Å²) >= 11 is 11.0. The van der Waals surface area contributed by atoms with E-state index in [0.717, 1.165) is 52.2 Å². The van der Waals surface area contributed by atoms with Crippen molar-refractivity contribution in [3.05, 3.63) is 81.7 Å². The fourth-order valence-electron chi connectivity index (χ4n) is 4.14. The van der Waals surface area contributed by atoms with Gasteiger partial charge < -0.3 is 8.83 Å². The molecule has 0 aliphatic rings. The third-order valence-electron chi connectivity index (χ3n) is 5.67. The highest BCUT2D eigenvalue weighted by atomic mass is 79.9. The first-order valence-corrected chi connectivity index (χ1v) is 13.2. The first-order chi connectivity index (χ1) is 15.7. The van der Waals surface area contributed by atoms with Gasteiger partial charge in [-0.2, -0.15) is 0 Å². The van der Waals surface area contributed by atoms with Crippen LogP contribution >= 0.6 is 54.5 Å². The van der Waals surface area contributed by atoms with Crippen LogP contribution in [0.1, 0.15) is 0 Å². The van der Waals surface area contributed by atoms with E-state index in [1.54, 1.807) is 22.7 Å². The highest BCUT2D eigenvalue weighted by Gasteiger charge is 2.18. The molecule has 2 nitrogen and oxygen atoms in total. The summed E-state index contributed by atoms with van der Waals surface area (Å²) in [6.07, 6.45) is 0. The minimum atomic E-state index is 0.861. The number of fused-ring (bicyclic) bond motifs is 4. The normalized spacial score (nSPS) is 12.1. The third kappa shape index (κ3) is 2.80. The molecule has 0 unspecified atom stereocenters. The van der Waals surface area contributed by atoms with E-state index in [4.69, 9.17) is 8.83 Å². The van der Waals surface area contributed by atoms with Crippen LogP contribution in [-0.2, 0) is 0 Å². The fourth-order valence-corrected chi connectivity index (χ4v) is 8.07. The fraction of sp³-hybridized carbons (Fsp3) is 0. The molecule has 32 heavy (non-hydrogen) atoms. The lowest BCUT2D eigenvalue weighted by Crippen LogP contribution is -1.67. The molecule has 0 radical (unpaired) electrons. The smallest absolute Gasteiger partial charge is 0.146 e. The van der Waals surface area contributed by atoms with Gasteiger partial charge >= 0.3 is 0 Å². The van der Waals surface area contributed by atoms with Gasteiger partial charge in [0, 0.05) is 39.9 Å². The van der Waals surface area contributed by atoms with Crippen LogP contribution in [0.5, 0.6) is 0 Å². The maximum Gasteiger partial charge on any atom is 0.146 e. The number of thiophene rings is 2. The van der Waals surface area contributed by atoms with E-state index in [1.165, 1.54) is 20.2 Å². The molecule has 0 fully saturated rings. The van der Waals surface area contributed by atoms with Crippen molar-refractivity contribution >= 4 is 96.6 Å². The largest absolute Gasteiger partial charge is 0.455 e. The van der Waals surface area contributed by atoms with Crippen LogP contribution in [0.15, 0.2) is 90.6 Å². The zero-order valence-electron chi connectivity index (χ0n) is 16.3. The molecule has 7 rings (SSSR count). The van der Waals surface area contributed by atoms with Gasteiger partial charge in [-0.05, 0) is 68.3 Å². The van der Waals surface area contributed by atoms with E-state index < -0.39 is 0 Å². The van der Waals surface area contributed by atoms with E-state index in [2.05, 4.69) is 105 Å². The topological polar surface area (TPSA) is 26.3 Å². The lowest BCUT2D eigenvalue weighted by molar-refractivity contribution is 0.629. The molecular weight excluding hydrogens is 568 g/mol. The van der Waals surface area contributed by atoms with E-state index in [0.29, 0.717) is 0 Å². The SMILES string of the molecule is Brc1c(-c2cc3cc4oc(-c5sc6ccccc6c5Br)cc4cc3o2)sc2ccccc12. The zero-order chi connectivity index (χ0) is 21.4. The number of rotatable bonds is 2. The van der Waals surface area contributed by atoms with Crippen molar-refractivity contribution in [1.82, 2.24) is 0 Å². The van der Waals surface area contributed by atoms with Crippen LogP contribution in [0.3, 0.4) is 0 Å². The Morgan fingerprint density at radius 3 is 1.44 bits per heavy atom. The Hall–Kier alpha value is -2.38. The quantitative estimate of drug-likeness (QED) is 0.203. The average molecular weight is 580 g/mol. The second kappa shape index (κ2) is 7.06. The van der Waals surface area contributed by atoms with Gasteiger partial charge in [0.15, 0.2) is 0 Å². The Kier molecular flexibility index (Phi) is 4.22. The summed E-state index contributed by atoms with van der Waals surface area (Å²) in [6.45, 7) is 0. The Labute approximate surface area is 207 Å². The number of hydrogen-bond donors (Lipinski definition) is 0. The van der Waals surface area contributed by atoms with E-state index in [9.17, 15) is 0 Å². The first kappa shape index (κ1) is 19.1. The van der Waals surface area contributed by atoms with Crippen molar-refractivity contribution in [1.29, 1.82) is 0 Å². The molecule has 0 bridgehead atoms. The Balaban J connectivity index is 1.37.